The predicted octanol–water partition coefficient (Wildman–Crippen LogP) is 3.80. The molecule has 0 spiro atoms. The van der Waals surface area contributed by atoms with Crippen molar-refractivity contribution >= 4 is 48.9 Å². The smallest absolute Gasteiger partial charge is 0.249 e. The van der Waals surface area contributed by atoms with Gasteiger partial charge in [-0.1, -0.05) is 29.0 Å². The van der Waals surface area contributed by atoms with Gasteiger partial charge in [0.1, 0.15) is 0 Å². The number of benzene rings is 2. The third-order valence-electron chi connectivity index (χ3n) is 4.21. The van der Waals surface area contributed by atoms with E-state index in [0.29, 0.717) is 9.82 Å². The Kier molecular flexibility index (Phi) is 5.55. The maximum absolute atomic E-state index is 12.4. The first-order valence-corrected chi connectivity index (χ1v) is 11.1. The first-order chi connectivity index (χ1) is 12.7. The van der Waals surface area contributed by atoms with Crippen molar-refractivity contribution in [2.45, 2.75) is 25.2 Å². The number of sulfone groups is 1. The highest BCUT2D eigenvalue weighted by atomic mass is 35.5. The number of carbonyl (C=O) groups is 1. The van der Waals surface area contributed by atoms with Crippen LogP contribution in [0.3, 0.4) is 0 Å². The Morgan fingerprint density at radius 2 is 1.85 bits per heavy atom. The highest BCUT2D eigenvalue weighted by Crippen LogP contribution is 2.22. The van der Waals surface area contributed by atoms with Gasteiger partial charge in [0.15, 0.2) is 14.6 Å². The summed E-state index contributed by atoms with van der Waals surface area (Å²) in [6.07, 6.45) is -0.169. The molecule has 0 N–H and O–H groups in total. The number of rotatable bonds is 4. The number of hydrogen-bond acceptors (Lipinski definition) is 4. The number of hydrogen-bond donors (Lipinski definition) is 0. The monoisotopic (exact) mass is 422 g/mol. The Morgan fingerprint density at radius 1 is 1.19 bits per heavy atom. The van der Waals surface area contributed by atoms with Crippen LogP contribution in [0.15, 0.2) is 46.3 Å². The molecule has 142 valence electrons. The molecular weight excluding hydrogens is 404 g/mol. The minimum absolute atomic E-state index is 0.151. The number of nitrogens with zero attached hydrogens (tertiary/aromatic N) is 2. The molecule has 3 aromatic rings. The van der Waals surface area contributed by atoms with Crippen molar-refractivity contribution in [3.63, 3.8) is 0 Å². The molecule has 0 aliphatic carbocycles. The van der Waals surface area contributed by atoms with Gasteiger partial charge in [-0.2, -0.15) is 4.99 Å². The molecule has 1 heterocycles. The second-order valence-corrected chi connectivity index (χ2v) is 9.96. The lowest BCUT2D eigenvalue weighted by Crippen LogP contribution is -2.16. The number of thiazole rings is 1. The van der Waals surface area contributed by atoms with Gasteiger partial charge in [-0.25, -0.2) is 8.42 Å². The van der Waals surface area contributed by atoms with E-state index in [9.17, 15) is 13.2 Å². The van der Waals surface area contributed by atoms with Crippen LogP contribution in [0.25, 0.3) is 10.2 Å². The maximum atomic E-state index is 12.4. The zero-order chi connectivity index (χ0) is 19.8. The Labute approximate surface area is 166 Å². The third-order valence-corrected chi connectivity index (χ3v) is 7.27. The molecule has 2 aromatic carbocycles. The Morgan fingerprint density at radius 3 is 2.52 bits per heavy atom. The van der Waals surface area contributed by atoms with Gasteiger partial charge < -0.3 is 4.57 Å². The average molecular weight is 423 g/mol. The third kappa shape index (κ3) is 4.31. The summed E-state index contributed by atoms with van der Waals surface area (Å²) in [6, 6.07) is 10.1. The lowest BCUT2D eigenvalue weighted by molar-refractivity contribution is -0.117. The van der Waals surface area contributed by atoms with Crippen LogP contribution < -0.4 is 4.80 Å². The molecule has 3 rings (SSSR count). The number of halogens is 1. The SMILES string of the molecule is Cc1cc(C)c2c(c1)sc(=NC(=O)CCS(=O)(=O)c1ccc(Cl)cc1)n2C. The average Bonchev–Trinajstić information content (AvgIpc) is 2.89. The zero-order valence-corrected chi connectivity index (χ0v) is 17.6. The van der Waals surface area contributed by atoms with Crippen LogP contribution in [-0.4, -0.2) is 24.6 Å². The molecule has 0 saturated carbocycles. The number of aromatic nitrogens is 1. The highest BCUT2D eigenvalue weighted by Gasteiger charge is 2.16. The second kappa shape index (κ2) is 7.58. The van der Waals surface area contributed by atoms with E-state index < -0.39 is 15.7 Å². The lowest BCUT2D eigenvalue weighted by atomic mass is 10.1. The highest BCUT2D eigenvalue weighted by molar-refractivity contribution is 7.91. The molecule has 5 nitrogen and oxygen atoms in total. The number of amides is 1. The van der Waals surface area contributed by atoms with E-state index in [1.54, 1.807) is 0 Å². The molecule has 0 radical (unpaired) electrons. The summed E-state index contributed by atoms with van der Waals surface area (Å²) < 4.78 is 27.6. The molecule has 0 unspecified atom stereocenters. The van der Waals surface area contributed by atoms with Crippen LogP contribution in [0.4, 0.5) is 0 Å². The summed E-state index contributed by atoms with van der Waals surface area (Å²) >= 11 is 7.21. The fourth-order valence-electron chi connectivity index (χ4n) is 2.93. The predicted molar refractivity (Wildman–Crippen MR) is 109 cm³/mol. The molecule has 0 fully saturated rings. The van der Waals surface area contributed by atoms with Crippen molar-refractivity contribution in [2.24, 2.45) is 12.0 Å². The minimum atomic E-state index is -3.55. The molecule has 1 amide bonds. The number of aryl methyl sites for hydroxylation is 3. The van der Waals surface area contributed by atoms with E-state index in [0.717, 1.165) is 21.3 Å². The van der Waals surface area contributed by atoms with Gasteiger partial charge in [-0.05, 0) is 55.3 Å². The van der Waals surface area contributed by atoms with E-state index in [1.807, 2.05) is 25.5 Å². The van der Waals surface area contributed by atoms with Crippen LogP contribution in [0, 0.1) is 13.8 Å². The van der Waals surface area contributed by atoms with Crippen molar-refractivity contribution < 1.29 is 13.2 Å². The van der Waals surface area contributed by atoms with Gasteiger partial charge in [0, 0.05) is 18.5 Å². The van der Waals surface area contributed by atoms with Crippen molar-refractivity contribution in [1.29, 1.82) is 0 Å². The summed E-state index contributed by atoms with van der Waals surface area (Å²) in [6.45, 7) is 4.04. The van der Waals surface area contributed by atoms with E-state index in [4.69, 9.17) is 11.6 Å². The van der Waals surface area contributed by atoms with Gasteiger partial charge in [0.25, 0.3) is 0 Å². The van der Waals surface area contributed by atoms with Crippen molar-refractivity contribution in [3.8, 4) is 0 Å². The Hall–Kier alpha value is -1.96. The topological polar surface area (TPSA) is 68.5 Å². The zero-order valence-electron chi connectivity index (χ0n) is 15.2. The van der Waals surface area contributed by atoms with Crippen LogP contribution in [-0.2, 0) is 21.7 Å². The lowest BCUT2D eigenvalue weighted by Gasteiger charge is -2.03. The molecule has 27 heavy (non-hydrogen) atoms. The second-order valence-electron chi connectivity index (χ2n) is 6.40. The molecule has 0 atom stereocenters. The van der Waals surface area contributed by atoms with Crippen LogP contribution in [0.2, 0.25) is 5.02 Å². The summed E-state index contributed by atoms with van der Waals surface area (Å²) in [5.41, 5.74) is 3.29. The van der Waals surface area contributed by atoms with Crippen molar-refractivity contribution in [3.05, 3.63) is 57.3 Å². The fraction of sp³-hybridized carbons (Fsp3) is 0.263. The molecule has 1 aromatic heterocycles. The van der Waals surface area contributed by atoms with Gasteiger partial charge in [0.05, 0.1) is 20.9 Å². The largest absolute Gasteiger partial charge is 0.319 e. The van der Waals surface area contributed by atoms with Crippen LogP contribution in [0.5, 0.6) is 0 Å². The molecule has 0 bridgehead atoms. The minimum Gasteiger partial charge on any atom is -0.319 e. The molecule has 0 saturated heterocycles. The number of fused-ring (bicyclic) bond motifs is 1. The van der Waals surface area contributed by atoms with Crippen LogP contribution in [0.1, 0.15) is 17.5 Å². The van der Waals surface area contributed by atoms with Gasteiger partial charge in [-0.15, -0.1) is 0 Å². The van der Waals surface area contributed by atoms with Crippen LogP contribution >= 0.6 is 22.9 Å². The first kappa shape index (κ1) is 19.8. The van der Waals surface area contributed by atoms with Gasteiger partial charge >= 0.3 is 0 Å². The summed E-state index contributed by atoms with van der Waals surface area (Å²) in [5, 5.41) is 0.461. The normalized spacial score (nSPS) is 12.7. The maximum Gasteiger partial charge on any atom is 0.249 e. The van der Waals surface area contributed by atoms with Gasteiger partial charge in [-0.3, -0.25) is 4.79 Å². The fourth-order valence-corrected chi connectivity index (χ4v) is 5.50. The molecule has 0 aliphatic rings. The Bertz CT molecular complexity index is 1190. The molecular formula is C19H19ClN2O3S2. The van der Waals surface area contributed by atoms with E-state index in [1.165, 1.54) is 35.6 Å². The van der Waals surface area contributed by atoms with E-state index >= 15 is 0 Å². The molecule has 0 aliphatic heterocycles. The van der Waals surface area contributed by atoms with Crippen molar-refractivity contribution in [2.75, 3.05) is 5.75 Å². The van der Waals surface area contributed by atoms with Gasteiger partial charge in [0.2, 0.25) is 5.91 Å². The molecule has 8 heteroatoms. The quantitative estimate of drug-likeness (QED) is 0.642. The number of carbonyl (C=O) groups excluding carboxylic acids is 1. The standard InChI is InChI=1S/C19H19ClN2O3S2/c1-12-10-13(2)18-16(11-12)26-19(22(18)3)21-17(23)8-9-27(24,25)15-6-4-14(20)5-7-15/h4-7,10-11H,8-9H2,1-3H3. The summed E-state index contributed by atoms with van der Waals surface area (Å²) in [5.74, 6) is -0.743. The summed E-state index contributed by atoms with van der Waals surface area (Å²) in [4.78, 5) is 17.1. The Balaban J connectivity index is 1.83. The van der Waals surface area contributed by atoms with Crippen molar-refractivity contribution in [1.82, 2.24) is 4.57 Å². The summed E-state index contributed by atoms with van der Waals surface area (Å²) in [7, 11) is -1.70. The first-order valence-electron chi connectivity index (χ1n) is 8.30. The van der Waals surface area contributed by atoms with E-state index in [-0.39, 0.29) is 17.1 Å². The van der Waals surface area contributed by atoms with E-state index in [2.05, 4.69) is 17.1 Å².